The van der Waals surface area contributed by atoms with Gasteiger partial charge in [0.05, 0.1) is 6.33 Å². The molecule has 2 heteroatoms. The third kappa shape index (κ3) is 1.88. The van der Waals surface area contributed by atoms with Gasteiger partial charge in [0.25, 0.3) is 0 Å². The first kappa shape index (κ1) is 6.33. The Bertz CT molecular complexity index is 153. The van der Waals surface area contributed by atoms with Crippen molar-refractivity contribution in [2.75, 3.05) is 0 Å². The summed E-state index contributed by atoms with van der Waals surface area (Å²) in [4.78, 5) is 3.81. The van der Waals surface area contributed by atoms with E-state index in [1.54, 1.807) is 6.33 Å². The summed E-state index contributed by atoms with van der Waals surface area (Å²) in [6.45, 7) is 5.40. The maximum Gasteiger partial charge on any atom is 0.108 e. The Kier molecular flexibility index (Phi) is 1.88. The molecule has 0 amide bonds. The molecule has 49 valence electrons. The van der Waals surface area contributed by atoms with Crippen LogP contribution in [0.1, 0.15) is 13.8 Å². The fourth-order valence-corrected chi connectivity index (χ4v) is 0.770. The summed E-state index contributed by atoms with van der Waals surface area (Å²) in [5.41, 5.74) is 0. The van der Waals surface area contributed by atoms with Crippen LogP contribution in [0.2, 0.25) is 0 Å². The van der Waals surface area contributed by atoms with Gasteiger partial charge in [0.2, 0.25) is 0 Å². The third-order valence-electron chi connectivity index (χ3n) is 1.08. The molecule has 0 saturated heterocycles. The highest BCUT2D eigenvalue weighted by atomic mass is 15.0. The zero-order chi connectivity index (χ0) is 6.69. The standard InChI is InChI=1S/C7H11N2/c1-7(2)5-9-4-3-8-6-9/h4,6-7H,5H2,1-2H3. The molecule has 0 spiro atoms. The normalized spacial score (nSPS) is 10.6. The molecular weight excluding hydrogens is 112 g/mol. The molecule has 0 bridgehead atoms. The molecule has 1 heterocycles. The lowest BCUT2D eigenvalue weighted by molar-refractivity contribution is 0.523. The Balaban J connectivity index is 2.48. The maximum absolute atomic E-state index is 3.81. The molecule has 1 rings (SSSR count). The first-order chi connectivity index (χ1) is 4.29. The molecule has 0 fully saturated rings. The molecule has 9 heavy (non-hydrogen) atoms. The van der Waals surface area contributed by atoms with Gasteiger partial charge in [0, 0.05) is 12.7 Å². The van der Waals surface area contributed by atoms with Crippen LogP contribution in [-0.4, -0.2) is 9.55 Å². The number of imidazole rings is 1. The highest BCUT2D eigenvalue weighted by molar-refractivity contribution is 4.71. The first-order valence-corrected chi connectivity index (χ1v) is 3.17. The molecule has 2 nitrogen and oxygen atoms in total. The van der Waals surface area contributed by atoms with Crippen molar-refractivity contribution < 1.29 is 0 Å². The summed E-state index contributed by atoms with van der Waals surface area (Å²) in [5.74, 6) is 0.688. The van der Waals surface area contributed by atoms with E-state index in [9.17, 15) is 0 Å². The van der Waals surface area contributed by atoms with Gasteiger partial charge in [0.1, 0.15) is 6.20 Å². The van der Waals surface area contributed by atoms with Crippen molar-refractivity contribution in [2.24, 2.45) is 5.92 Å². The Labute approximate surface area is 55.5 Å². The minimum atomic E-state index is 0.688. The topological polar surface area (TPSA) is 17.8 Å². The summed E-state index contributed by atoms with van der Waals surface area (Å²) in [7, 11) is 0. The van der Waals surface area contributed by atoms with Crippen molar-refractivity contribution >= 4 is 0 Å². The lowest BCUT2D eigenvalue weighted by Crippen LogP contribution is -2.00. The largest absolute Gasteiger partial charge is 0.337 e. The molecule has 1 radical (unpaired) electrons. The number of hydrogen-bond donors (Lipinski definition) is 0. The Morgan fingerprint density at radius 3 is 2.89 bits per heavy atom. The molecule has 0 saturated carbocycles. The lowest BCUT2D eigenvalue weighted by atomic mass is 10.2. The van der Waals surface area contributed by atoms with Crippen LogP contribution < -0.4 is 0 Å². The zero-order valence-electron chi connectivity index (χ0n) is 5.83. The SMILES string of the molecule is CC(C)Cn1c[c]nc1. The highest BCUT2D eigenvalue weighted by Crippen LogP contribution is 1.96. The molecule has 0 N–H and O–H groups in total. The van der Waals surface area contributed by atoms with Crippen LogP contribution in [0, 0.1) is 12.1 Å². The van der Waals surface area contributed by atoms with Crippen LogP contribution in [0.15, 0.2) is 12.5 Å². The fraction of sp³-hybridized carbons (Fsp3) is 0.571. The number of aromatic nitrogens is 2. The smallest absolute Gasteiger partial charge is 0.108 e. The van der Waals surface area contributed by atoms with E-state index < -0.39 is 0 Å². The van der Waals surface area contributed by atoms with Gasteiger partial charge in [-0.25, -0.2) is 4.98 Å². The predicted octanol–water partition coefficient (Wildman–Crippen LogP) is 1.34. The van der Waals surface area contributed by atoms with E-state index in [1.807, 2.05) is 10.8 Å². The van der Waals surface area contributed by atoms with Crippen molar-refractivity contribution in [3.8, 4) is 0 Å². The third-order valence-corrected chi connectivity index (χ3v) is 1.08. The molecule has 0 aliphatic carbocycles. The summed E-state index contributed by atoms with van der Waals surface area (Å²) in [6.07, 6.45) is 6.40. The molecule has 0 aliphatic rings. The molecular formula is C7H11N2. The monoisotopic (exact) mass is 123 g/mol. The second kappa shape index (κ2) is 2.67. The van der Waals surface area contributed by atoms with E-state index in [4.69, 9.17) is 0 Å². The lowest BCUT2D eigenvalue weighted by Gasteiger charge is -2.03. The van der Waals surface area contributed by atoms with Crippen LogP contribution in [0.5, 0.6) is 0 Å². The molecule has 1 aromatic heterocycles. The van der Waals surface area contributed by atoms with Gasteiger partial charge in [0.15, 0.2) is 0 Å². The molecule has 0 atom stereocenters. The summed E-state index contributed by atoms with van der Waals surface area (Å²) >= 11 is 0. The van der Waals surface area contributed by atoms with Crippen molar-refractivity contribution in [3.63, 3.8) is 0 Å². The average Bonchev–Trinajstić information content (AvgIpc) is 2.15. The van der Waals surface area contributed by atoms with Crippen LogP contribution in [0.25, 0.3) is 0 Å². The zero-order valence-corrected chi connectivity index (χ0v) is 5.83. The van der Waals surface area contributed by atoms with Crippen LogP contribution in [-0.2, 0) is 6.54 Å². The van der Waals surface area contributed by atoms with E-state index in [2.05, 4.69) is 25.0 Å². The van der Waals surface area contributed by atoms with Gasteiger partial charge >= 0.3 is 0 Å². The number of nitrogens with zero attached hydrogens (tertiary/aromatic N) is 2. The van der Waals surface area contributed by atoms with E-state index in [0.717, 1.165) is 6.54 Å². The van der Waals surface area contributed by atoms with Gasteiger partial charge in [-0.05, 0) is 5.92 Å². The van der Waals surface area contributed by atoms with Crippen molar-refractivity contribution in [3.05, 3.63) is 18.7 Å². The van der Waals surface area contributed by atoms with Gasteiger partial charge in [-0.1, -0.05) is 13.8 Å². The molecule has 0 aliphatic heterocycles. The van der Waals surface area contributed by atoms with Gasteiger partial charge in [-0.15, -0.1) is 0 Å². The summed E-state index contributed by atoms with van der Waals surface area (Å²) in [6, 6.07) is 0. The second-order valence-corrected chi connectivity index (χ2v) is 2.59. The molecule has 1 aromatic rings. The van der Waals surface area contributed by atoms with Crippen molar-refractivity contribution in [2.45, 2.75) is 20.4 Å². The number of rotatable bonds is 2. The minimum Gasteiger partial charge on any atom is -0.337 e. The first-order valence-electron chi connectivity index (χ1n) is 3.17. The summed E-state index contributed by atoms with van der Waals surface area (Å²) < 4.78 is 2.03. The van der Waals surface area contributed by atoms with Gasteiger partial charge in [-0.3, -0.25) is 0 Å². The van der Waals surface area contributed by atoms with E-state index in [0.29, 0.717) is 5.92 Å². The number of hydrogen-bond acceptors (Lipinski definition) is 1. The highest BCUT2D eigenvalue weighted by Gasteiger charge is 1.92. The second-order valence-electron chi connectivity index (χ2n) is 2.59. The Morgan fingerprint density at radius 1 is 1.67 bits per heavy atom. The molecule has 0 aromatic carbocycles. The van der Waals surface area contributed by atoms with Crippen LogP contribution in [0.4, 0.5) is 0 Å². The van der Waals surface area contributed by atoms with E-state index >= 15 is 0 Å². The van der Waals surface area contributed by atoms with E-state index in [-0.39, 0.29) is 0 Å². The Morgan fingerprint density at radius 2 is 2.44 bits per heavy atom. The average molecular weight is 123 g/mol. The quantitative estimate of drug-likeness (QED) is 0.580. The van der Waals surface area contributed by atoms with Gasteiger partial charge in [-0.2, -0.15) is 0 Å². The summed E-state index contributed by atoms with van der Waals surface area (Å²) in [5, 5.41) is 0. The van der Waals surface area contributed by atoms with Crippen molar-refractivity contribution in [1.82, 2.24) is 9.55 Å². The minimum absolute atomic E-state index is 0.688. The van der Waals surface area contributed by atoms with Gasteiger partial charge < -0.3 is 4.57 Å². The van der Waals surface area contributed by atoms with Crippen molar-refractivity contribution in [1.29, 1.82) is 0 Å². The molecule has 0 unspecified atom stereocenters. The predicted molar refractivity (Wildman–Crippen MR) is 35.9 cm³/mol. The van der Waals surface area contributed by atoms with E-state index in [1.165, 1.54) is 0 Å². The fourth-order valence-electron chi connectivity index (χ4n) is 0.770. The Hall–Kier alpha value is -0.790. The van der Waals surface area contributed by atoms with Crippen LogP contribution >= 0.6 is 0 Å². The van der Waals surface area contributed by atoms with Crippen LogP contribution in [0.3, 0.4) is 0 Å². The maximum atomic E-state index is 3.81.